The van der Waals surface area contributed by atoms with Crippen LogP contribution in [0.2, 0.25) is 0 Å². The van der Waals surface area contributed by atoms with Crippen molar-refractivity contribution in [2.24, 2.45) is 11.8 Å². The summed E-state index contributed by atoms with van der Waals surface area (Å²) < 4.78 is 10.8. The summed E-state index contributed by atoms with van der Waals surface area (Å²) in [5.41, 5.74) is 0. The van der Waals surface area contributed by atoms with Crippen LogP contribution in [-0.4, -0.2) is 46.4 Å². The Morgan fingerprint density at radius 1 is 1.14 bits per heavy atom. The third-order valence-corrected chi connectivity index (χ3v) is 4.23. The lowest BCUT2D eigenvalue weighted by molar-refractivity contribution is -0.137. The molecule has 0 saturated carbocycles. The fourth-order valence-corrected chi connectivity index (χ4v) is 2.58. The van der Waals surface area contributed by atoms with E-state index in [0.29, 0.717) is 43.5 Å². The van der Waals surface area contributed by atoms with Crippen molar-refractivity contribution < 1.29 is 18.9 Å². The monoisotopic (exact) mass is 320 g/mol. The number of hydrogen-bond donors (Lipinski definition) is 3. The number of urea groups is 1. The fraction of sp³-hybridized carbons (Fsp3) is 0.857. The highest BCUT2D eigenvalue weighted by atomic mass is 32.2. The molecule has 3 N–H and O–H groups in total. The number of amides is 2. The second-order valence-electron chi connectivity index (χ2n) is 5.54. The summed E-state index contributed by atoms with van der Waals surface area (Å²) in [5, 5.41) is 14.2. The number of carbonyl (C=O) groups is 2. The second-order valence-corrected chi connectivity index (χ2v) is 7.09. The van der Waals surface area contributed by atoms with E-state index < -0.39 is 16.8 Å². The van der Waals surface area contributed by atoms with E-state index in [1.165, 1.54) is 0 Å². The van der Waals surface area contributed by atoms with Crippen LogP contribution in [0.15, 0.2) is 0 Å². The van der Waals surface area contributed by atoms with Crippen molar-refractivity contribution in [3.63, 3.8) is 0 Å². The van der Waals surface area contributed by atoms with Gasteiger partial charge in [-0.2, -0.15) is 0 Å². The molecule has 21 heavy (non-hydrogen) atoms. The summed E-state index contributed by atoms with van der Waals surface area (Å²) in [6, 6.07) is -0.224. The smallest absolute Gasteiger partial charge is 0.314 e. The third-order valence-electron chi connectivity index (χ3n) is 3.37. The number of rotatable bonds is 11. The van der Waals surface area contributed by atoms with Gasteiger partial charge in [0.1, 0.15) is 0 Å². The lowest BCUT2D eigenvalue weighted by Gasteiger charge is -2.20. The number of hydrogen-bond acceptors (Lipinski definition) is 3. The van der Waals surface area contributed by atoms with Crippen LogP contribution in [0.3, 0.4) is 0 Å². The second kappa shape index (κ2) is 11.5. The topological polar surface area (TPSA) is 95.5 Å². The minimum Gasteiger partial charge on any atom is -0.481 e. The lowest BCUT2D eigenvalue weighted by Crippen LogP contribution is -2.37. The Morgan fingerprint density at radius 2 is 1.76 bits per heavy atom. The van der Waals surface area contributed by atoms with Gasteiger partial charge in [-0.05, 0) is 31.1 Å². The summed E-state index contributed by atoms with van der Waals surface area (Å²) >= 11 is 0. The first kappa shape index (κ1) is 19.9. The summed E-state index contributed by atoms with van der Waals surface area (Å²) in [6.07, 6.45) is 3.92. The molecule has 0 rings (SSSR count). The predicted molar refractivity (Wildman–Crippen MR) is 84.8 cm³/mol. The standard InChI is InChI=1S/C14H28N2O4S/c1-11(2)12(5-6-13(17)18)7-9-16-14(19)15-8-4-10-21(3)20/h11-12H,4-10H2,1-3H3,(H,17,18)(H2,15,16,19). The molecule has 0 bridgehead atoms. The predicted octanol–water partition coefficient (Wildman–Crippen LogP) is 1.58. The van der Waals surface area contributed by atoms with Gasteiger partial charge in [-0.25, -0.2) is 4.79 Å². The lowest BCUT2D eigenvalue weighted by atomic mass is 9.88. The molecular formula is C14H28N2O4S. The van der Waals surface area contributed by atoms with Gasteiger partial charge in [-0.1, -0.05) is 13.8 Å². The Balaban J connectivity index is 3.79. The van der Waals surface area contributed by atoms with Crippen molar-refractivity contribution >= 4 is 22.8 Å². The van der Waals surface area contributed by atoms with E-state index in [0.717, 1.165) is 6.42 Å². The van der Waals surface area contributed by atoms with E-state index in [9.17, 15) is 13.8 Å². The van der Waals surface area contributed by atoms with Crippen molar-refractivity contribution in [2.75, 3.05) is 25.1 Å². The fourth-order valence-electron chi connectivity index (χ4n) is 2.03. The maximum Gasteiger partial charge on any atom is 0.314 e. The zero-order valence-corrected chi connectivity index (χ0v) is 14.0. The SMILES string of the molecule is CC(C)C(CCNC(=O)NCCCS(C)=O)CCC(=O)O. The zero-order valence-electron chi connectivity index (χ0n) is 13.2. The average Bonchev–Trinajstić information content (AvgIpc) is 2.37. The van der Waals surface area contributed by atoms with Gasteiger partial charge in [0.15, 0.2) is 0 Å². The van der Waals surface area contributed by atoms with Crippen LogP contribution in [0, 0.1) is 11.8 Å². The Hall–Kier alpha value is -1.11. The van der Waals surface area contributed by atoms with Crippen LogP contribution < -0.4 is 10.6 Å². The summed E-state index contributed by atoms with van der Waals surface area (Å²) in [7, 11) is -0.823. The first-order chi connectivity index (χ1) is 9.82. The molecular weight excluding hydrogens is 292 g/mol. The molecule has 0 spiro atoms. The molecule has 0 aromatic heterocycles. The first-order valence-electron chi connectivity index (χ1n) is 7.36. The van der Waals surface area contributed by atoms with Gasteiger partial charge in [0, 0.05) is 42.3 Å². The molecule has 6 nitrogen and oxygen atoms in total. The van der Waals surface area contributed by atoms with E-state index in [4.69, 9.17) is 5.11 Å². The number of carbonyl (C=O) groups excluding carboxylic acids is 1. The molecule has 0 radical (unpaired) electrons. The van der Waals surface area contributed by atoms with Gasteiger partial charge < -0.3 is 15.7 Å². The van der Waals surface area contributed by atoms with Crippen molar-refractivity contribution in [1.82, 2.24) is 10.6 Å². The molecule has 0 saturated heterocycles. The van der Waals surface area contributed by atoms with Crippen molar-refractivity contribution in [3.05, 3.63) is 0 Å². The molecule has 0 aromatic carbocycles. The molecule has 0 heterocycles. The van der Waals surface area contributed by atoms with Crippen LogP contribution in [-0.2, 0) is 15.6 Å². The van der Waals surface area contributed by atoms with Crippen molar-refractivity contribution in [1.29, 1.82) is 0 Å². The van der Waals surface area contributed by atoms with Crippen molar-refractivity contribution in [3.8, 4) is 0 Å². The Labute approximate surface area is 129 Å². The van der Waals surface area contributed by atoms with Gasteiger partial charge in [-0.15, -0.1) is 0 Å². The van der Waals surface area contributed by atoms with Crippen LogP contribution in [0.25, 0.3) is 0 Å². The molecule has 2 amide bonds. The maximum absolute atomic E-state index is 11.5. The van der Waals surface area contributed by atoms with E-state index in [1.54, 1.807) is 6.26 Å². The third kappa shape index (κ3) is 12.3. The maximum atomic E-state index is 11.5. The van der Waals surface area contributed by atoms with E-state index in [2.05, 4.69) is 24.5 Å². The molecule has 2 unspecified atom stereocenters. The first-order valence-corrected chi connectivity index (χ1v) is 9.09. The van der Waals surface area contributed by atoms with Crippen molar-refractivity contribution in [2.45, 2.75) is 39.5 Å². The average molecular weight is 320 g/mol. The normalized spacial score (nSPS) is 13.7. The molecule has 0 aliphatic rings. The molecule has 0 aliphatic heterocycles. The number of carboxylic acids is 1. The van der Waals surface area contributed by atoms with Gasteiger partial charge in [0.2, 0.25) is 0 Å². The van der Waals surface area contributed by atoms with Gasteiger partial charge in [-0.3, -0.25) is 9.00 Å². The van der Waals surface area contributed by atoms with Gasteiger partial charge in [0.05, 0.1) is 0 Å². The van der Waals surface area contributed by atoms with Gasteiger partial charge in [0.25, 0.3) is 0 Å². The Kier molecular flexibility index (Phi) is 10.9. The molecule has 124 valence electrons. The van der Waals surface area contributed by atoms with E-state index >= 15 is 0 Å². The Bertz CT molecular complexity index is 348. The minimum atomic E-state index is -0.823. The van der Waals surface area contributed by atoms with Crippen LogP contribution >= 0.6 is 0 Å². The molecule has 2 atom stereocenters. The highest BCUT2D eigenvalue weighted by molar-refractivity contribution is 7.84. The van der Waals surface area contributed by atoms with E-state index in [-0.39, 0.29) is 12.5 Å². The zero-order chi connectivity index (χ0) is 16.3. The highest BCUT2D eigenvalue weighted by Gasteiger charge is 2.15. The Morgan fingerprint density at radius 3 is 2.29 bits per heavy atom. The summed E-state index contributed by atoms with van der Waals surface area (Å²) in [4.78, 5) is 22.1. The molecule has 0 aliphatic carbocycles. The number of nitrogens with one attached hydrogen (secondary N) is 2. The van der Waals surface area contributed by atoms with E-state index in [1.807, 2.05) is 0 Å². The number of carboxylic acid groups (broad SMARTS) is 1. The molecule has 0 fully saturated rings. The van der Waals surface area contributed by atoms with Gasteiger partial charge >= 0.3 is 12.0 Å². The largest absolute Gasteiger partial charge is 0.481 e. The molecule has 7 heteroatoms. The number of aliphatic carboxylic acids is 1. The minimum absolute atomic E-state index is 0.170. The van der Waals surface area contributed by atoms with Crippen LogP contribution in [0.5, 0.6) is 0 Å². The quantitative estimate of drug-likeness (QED) is 0.504. The van der Waals surface area contributed by atoms with Crippen LogP contribution in [0.1, 0.15) is 39.5 Å². The summed E-state index contributed by atoms with van der Waals surface area (Å²) in [6.45, 7) is 5.18. The highest BCUT2D eigenvalue weighted by Crippen LogP contribution is 2.20. The van der Waals surface area contributed by atoms with Crippen LogP contribution in [0.4, 0.5) is 4.79 Å². The summed E-state index contributed by atoms with van der Waals surface area (Å²) in [5.74, 6) is 0.502. The molecule has 0 aromatic rings.